The number of benzene rings is 2. The molecule has 1 fully saturated rings. The Bertz CT molecular complexity index is 754. The second-order valence-electron chi connectivity index (χ2n) is 6.15. The third kappa shape index (κ3) is 3.70. The standard InChI is InChI=1S/C19H20ClNO2S/c1-13(14-3-7-16(20)8-4-14)21(17-9-10-17)19(22)15-5-11-18(12-6-15)24(2)23/h3-8,11-13,17H,9-10H2,1-2H3/t13-,24-/m0/s1. The monoisotopic (exact) mass is 361 g/mol. The molecule has 2 aromatic rings. The lowest BCUT2D eigenvalue weighted by Crippen LogP contribution is -2.35. The number of carbonyl (C=O) groups is 1. The van der Waals surface area contributed by atoms with Gasteiger partial charge in [-0.2, -0.15) is 0 Å². The van der Waals surface area contributed by atoms with Gasteiger partial charge in [0.2, 0.25) is 0 Å². The molecule has 3 nitrogen and oxygen atoms in total. The van der Waals surface area contributed by atoms with Crippen LogP contribution in [0.3, 0.4) is 0 Å². The lowest BCUT2D eigenvalue weighted by molar-refractivity contribution is 0.0674. The lowest BCUT2D eigenvalue weighted by atomic mass is 10.1. The average Bonchev–Trinajstić information content (AvgIpc) is 3.40. The molecule has 0 unspecified atom stereocenters. The highest BCUT2D eigenvalue weighted by Crippen LogP contribution is 2.36. The number of hydrogen-bond donors (Lipinski definition) is 0. The summed E-state index contributed by atoms with van der Waals surface area (Å²) in [6.45, 7) is 2.05. The van der Waals surface area contributed by atoms with E-state index in [-0.39, 0.29) is 11.9 Å². The summed E-state index contributed by atoms with van der Waals surface area (Å²) in [5.41, 5.74) is 1.71. The van der Waals surface area contributed by atoms with E-state index in [1.54, 1.807) is 30.5 Å². The first-order valence-corrected chi connectivity index (χ1v) is 9.92. The second kappa shape index (κ2) is 7.08. The molecular weight excluding hydrogens is 342 g/mol. The molecule has 0 N–H and O–H groups in total. The van der Waals surface area contributed by atoms with Crippen LogP contribution in [0.25, 0.3) is 0 Å². The number of rotatable bonds is 5. The second-order valence-corrected chi connectivity index (χ2v) is 7.97. The molecule has 0 heterocycles. The van der Waals surface area contributed by atoms with Crippen LogP contribution in [0, 0.1) is 0 Å². The van der Waals surface area contributed by atoms with Gasteiger partial charge in [-0.3, -0.25) is 9.00 Å². The Morgan fingerprint density at radius 3 is 2.21 bits per heavy atom. The van der Waals surface area contributed by atoms with Crippen molar-refractivity contribution >= 4 is 28.3 Å². The van der Waals surface area contributed by atoms with Crippen LogP contribution in [0.4, 0.5) is 0 Å². The Hall–Kier alpha value is -1.65. The van der Waals surface area contributed by atoms with E-state index in [1.165, 1.54) is 0 Å². The van der Waals surface area contributed by atoms with Crippen molar-refractivity contribution < 1.29 is 9.00 Å². The number of carbonyl (C=O) groups excluding carboxylic acids is 1. The van der Waals surface area contributed by atoms with Crippen LogP contribution in [-0.4, -0.2) is 27.3 Å². The molecule has 2 atom stereocenters. The highest BCUT2D eigenvalue weighted by molar-refractivity contribution is 7.84. The third-order valence-electron chi connectivity index (χ3n) is 4.38. The van der Waals surface area contributed by atoms with Gasteiger partial charge in [-0.15, -0.1) is 0 Å². The van der Waals surface area contributed by atoms with Crippen LogP contribution in [0.1, 0.15) is 41.7 Å². The largest absolute Gasteiger partial charge is 0.329 e. The Morgan fingerprint density at radius 1 is 1.12 bits per heavy atom. The van der Waals surface area contributed by atoms with Crippen molar-refractivity contribution in [3.05, 3.63) is 64.7 Å². The zero-order chi connectivity index (χ0) is 17.3. The summed E-state index contributed by atoms with van der Waals surface area (Å²) in [6, 6.07) is 15.0. The molecule has 1 amide bonds. The van der Waals surface area contributed by atoms with E-state index in [4.69, 9.17) is 11.6 Å². The van der Waals surface area contributed by atoms with E-state index in [1.807, 2.05) is 29.2 Å². The zero-order valence-electron chi connectivity index (χ0n) is 13.7. The lowest BCUT2D eigenvalue weighted by Gasteiger charge is -2.30. The zero-order valence-corrected chi connectivity index (χ0v) is 15.3. The van der Waals surface area contributed by atoms with Crippen molar-refractivity contribution in [1.82, 2.24) is 4.90 Å². The fraction of sp³-hybridized carbons (Fsp3) is 0.316. The molecule has 0 radical (unpaired) electrons. The molecule has 1 aliphatic rings. The quantitative estimate of drug-likeness (QED) is 0.789. The first kappa shape index (κ1) is 17.2. The van der Waals surface area contributed by atoms with E-state index >= 15 is 0 Å². The van der Waals surface area contributed by atoms with Gasteiger partial charge in [0.25, 0.3) is 5.91 Å². The molecule has 0 aromatic heterocycles. The molecule has 0 saturated heterocycles. The minimum absolute atomic E-state index is 0.0118. The molecule has 0 spiro atoms. The molecule has 0 aliphatic heterocycles. The summed E-state index contributed by atoms with van der Waals surface area (Å²) in [5, 5.41) is 0.693. The number of nitrogens with zero attached hydrogens (tertiary/aromatic N) is 1. The van der Waals surface area contributed by atoms with Crippen molar-refractivity contribution in [2.75, 3.05) is 6.26 Å². The van der Waals surface area contributed by atoms with E-state index in [0.717, 1.165) is 23.3 Å². The van der Waals surface area contributed by atoms with Crippen LogP contribution < -0.4 is 0 Å². The molecule has 1 aliphatic carbocycles. The van der Waals surface area contributed by atoms with Crippen molar-refractivity contribution in [3.8, 4) is 0 Å². The predicted octanol–water partition coefficient (Wildman–Crippen LogP) is 4.44. The molecule has 3 rings (SSSR count). The van der Waals surface area contributed by atoms with Crippen LogP contribution in [0.15, 0.2) is 53.4 Å². The van der Waals surface area contributed by atoms with Crippen LogP contribution in [0.5, 0.6) is 0 Å². The van der Waals surface area contributed by atoms with Gasteiger partial charge < -0.3 is 4.90 Å². The van der Waals surface area contributed by atoms with Crippen LogP contribution in [0.2, 0.25) is 5.02 Å². The first-order valence-electron chi connectivity index (χ1n) is 7.99. The normalized spacial score (nSPS) is 16.5. The molecular formula is C19H20ClNO2S. The number of amides is 1. The summed E-state index contributed by atoms with van der Waals surface area (Å²) >= 11 is 5.96. The van der Waals surface area contributed by atoms with Gasteiger partial charge in [-0.25, -0.2) is 0 Å². The van der Waals surface area contributed by atoms with Gasteiger partial charge in [0.1, 0.15) is 0 Å². The molecule has 5 heteroatoms. The van der Waals surface area contributed by atoms with Gasteiger partial charge in [-0.05, 0) is 61.7 Å². The maximum absolute atomic E-state index is 13.0. The topological polar surface area (TPSA) is 37.4 Å². The summed E-state index contributed by atoms with van der Waals surface area (Å²) in [5.74, 6) is 0.0217. The van der Waals surface area contributed by atoms with E-state index < -0.39 is 10.8 Å². The van der Waals surface area contributed by atoms with Gasteiger partial charge in [0.15, 0.2) is 0 Å². The number of hydrogen-bond acceptors (Lipinski definition) is 2. The average molecular weight is 362 g/mol. The smallest absolute Gasteiger partial charge is 0.254 e. The van der Waals surface area contributed by atoms with Gasteiger partial charge in [-0.1, -0.05) is 23.7 Å². The SMILES string of the molecule is C[C@@H](c1ccc(Cl)cc1)N(C(=O)c1ccc([S@](C)=O)cc1)C1CC1. The highest BCUT2D eigenvalue weighted by atomic mass is 35.5. The predicted molar refractivity (Wildman–Crippen MR) is 97.8 cm³/mol. The molecule has 2 aromatic carbocycles. The van der Waals surface area contributed by atoms with Crippen LogP contribution >= 0.6 is 11.6 Å². The van der Waals surface area contributed by atoms with Crippen molar-refractivity contribution in [1.29, 1.82) is 0 Å². The summed E-state index contributed by atoms with van der Waals surface area (Å²) in [4.78, 5) is 15.7. The van der Waals surface area contributed by atoms with Gasteiger partial charge in [0.05, 0.1) is 6.04 Å². The minimum Gasteiger partial charge on any atom is -0.329 e. The van der Waals surface area contributed by atoms with Crippen molar-refractivity contribution in [2.24, 2.45) is 0 Å². The maximum atomic E-state index is 13.0. The first-order chi connectivity index (χ1) is 11.5. The fourth-order valence-electron chi connectivity index (χ4n) is 2.85. The summed E-state index contributed by atoms with van der Waals surface area (Å²) in [6.07, 6.45) is 3.72. The third-order valence-corrected chi connectivity index (χ3v) is 5.57. The summed E-state index contributed by atoms with van der Waals surface area (Å²) in [7, 11) is -1.04. The Balaban J connectivity index is 1.86. The Labute approximate surface area is 150 Å². The van der Waals surface area contributed by atoms with E-state index in [2.05, 4.69) is 6.92 Å². The molecule has 24 heavy (non-hydrogen) atoms. The molecule has 1 saturated carbocycles. The van der Waals surface area contributed by atoms with E-state index in [9.17, 15) is 9.00 Å². The Kier molecular flexibility index (Phi) is 5.07. The van der Waals surface area contributed by atoms with Crippen molar-refractivity contribution in [2.45, 2.75) is 36.7 Å². The number of halogens is 1. The highest BCUT2D eigenvalue weighted by Gasteiger charge is 2.36. The van der Waals surface area contributed by atoms with Gasteiger partial charge >= 0.3 is 0 Å². The van der Waals surface area contributed by atoms with Crippen LogP contribution in [-0.2, 0) is 10.8 Å². The van der Waals surface area contributed by atoms with E-state index in [0.29, 0.717) is 16.6 Å². The molecule has 126 valence electrons. The van der Waals surface area contributed by atoms with Crippen molar-refractivity contribution in [3.63, 3.8) is 0 Å². The van der Waals surface area contributed by atoms with Gasteiger partial charge in [0, 0.05) is 38.6 Å². The molecule has 0 bridgehead atoms. The fourth-order valence-corrected chi connectivity index (χ4v) is 3.50. The minimum atomic E-state index is -1.04. The summed E-state index contributed by atoms with van der Waals surface area (Å²) < 4.78 is 11.5. The Morgan fingerprint density at radius 2 is 1.71 bits per heavy atom. The maximum Gasteiger partial charge on any atom is 0.254 e.